The molecule has 1 fully saturated rings. The Kier molecular flexibility index (Phi) is 4.83. The third-order valence-corrected chi connectivity index (χ3v) is 4.75. The summed E-state index contributed by atoms with van der Waals surface area (Å²) in [5, 5.41) is 0.764. The maximum Gasteiger partial charge on any atom is 0.0472 e. The summed E-state index contributed by atoms with van der Waals surface area (Å²) in [5.41, 5.74) is 7.25. The van der Waals surface area contributed by atoms with Gasteiger partial charge in [0.15, 0.2) is 0 Å². The van der Waals surface area contributed by atoms with Crippen molar-refractivity contribution in [2.75, 3.05) is 25.4 Å². The molecule has 0 aromatic carbocycles. The van der Waals surface area contributed by atoms with Crippen molar-refractivity contribution in [3.63, 3.8) is 0 Å². The van der Waals surface area contributed by atoms with E-state index in [1.54, 1.807) is 0 Å². The Hall–Kier alpha value is -0.580. The van der Waals surface area contributed by atoms with Gasteiger partial charge in [-0.3, -0.25) is 9.88 Å². The van der Waals surface area contributed by atoms with E-state index in [-0.39, 0.29) is 0 Å². The van der Waals surface area contributed by atoms with Gasteiger partial charge in [-0.05, 0) is 24.1 Å². The van der Waals surface area contributed by atoms with Crippen LogP contribution in [0.25, 0.3) is 0 Å². The van der Waals surface area contributed by atoms with Crippen LogP contribution in [0.4, 0.5) is 0 Å². The highest BCUT2D eigenvalue weighted by Gasteiger charge is 2.25. The van der Waals surface area contributed by atoms with E-state index in [4.69, 9.17) is 5.73 Å². The van der Waals surface area contributed by atoms with Gasteiger partial charge in [-0.15, -0.1) is 0 Å². The van der Waals surface area contributed by atoms with Gasteiger partial charge in [0.1, 0.15) is 0 Å². The second-order valence-corrected chi connectivity index (χ2v) is 5.84. The SMILES string of the molecule is CCC1CN(C(CN)c2ccncc2)CCS1. The maximum atomic E-state index is 5.95. The average molecular weight is 251 g/mol. The van der Waals surface area contributed by atoms with E-state index in [2.05, 4.69) is 40.7 Å². The van der Waals surface area contributed by atoms with Gasteiger partial charge in [0.2, 0.25) is 0 Å². The van der Waals surface area contributed by atoms with Gasteiger partial charge in [-0.1, -0.05) is 6.92 Å². The summed E-state index contributed by atoms with van der Waals surface area (Å²) in [6.07, 6.45) is 4.96. The molecular formula is C13H21N3S. The molecule has 2 atom stereocenters. The minimum absolute atomic E-state index is 0.355. The predicted octanol–water partition coefficient (Wildman–Crippen LogP) is 1.91. The molecule has 0 aliphatic carbocycles. The predicted molar refractivity (Wildman–Crippen MR) is 74.1 cm³/mol. The lowest BCUT2D eigenvalue weighted by Crippen LogP contribution is -2.42. The zero-order chi connectivity index (χ0) is 12.1. The lowest BCUT2D eigenvalue weighted by molar-refractivity contribution is 0.207. The fourth-order valence-electron chi connectivity index (χ4n) is 2.35. The second kappa shape index (κ2) is 6.38. The molecule has 2 heterocycles. The number of thioether (sulfide) groups is 1. The highest BCUT2D eigenvalue weighted by molar-refractivity contribution is 8.00. The Bertz CT molecular complexity index is 331. The molecule has 0 bridgehead atoms. The Labute approximate surface area is 108 Å². The smallest absolute Gasteiger partial charge is 0.0472 e. The number of rotatable bonds is 4. The second-order valence-electron chi connectivity index (χ2n) is 4.43. The molecule has 0 saturated carbocycles. The van der Waals surface area contributed by atoms with Gasteiger partial charge < -0.3 is 5.73 Å². The Morgan fingerprint density at radius 3 is 2.94 bits per heavy atom. The van der Waals surface area contributed by atoms with Crippen LogP contribution in [0.15, 0.2) is 24.5 Å². The summed E-state index contributed by atoms with van der Waals surface area (Å²) < 4.78 is 0. The molecule has 4 heteroatoms. The highest BCUT2D eigenvalue weighted by atomic mass is 32.2. The molecule has 17 heavy (non-hydrogen) atoms. The highest BCUT2D eigenvalue weighted by Crippen LogP contribution is 2.27. The lowest BCUT2D eigenvalue weighted by atomic mass is 10.1. The van der Waals surface area contributed by atoms with Crippen molar-refractivity contribution in [3.8, 4) is 0 Å². The van der Waals surface area contributed by atoms with Crippen LogP contribution < -0.4 is 5.73 Å². The third-order valence-electron chi connectivity index (χ3n) is 3.38. The number of nitrogens with zero attached hydrogens (tertiary/aromatic N) is 2. The quantitative estimate of drug-likeness (QED) is 0.887. The molecule has 94 valence electrons. The summed E-state index contributed by atoms with van der Waals surface area (Å²) in [6.45, 7) is 5.26. The van der Waals surface area contributed by atoms with Gasteiger partial charge >= 0.3 is 0 Å². The van der Waals surface area contributed by atoms with Crippen LogP contribution in [-0.4, -0.2) is 40.5 Å². The first-order valence-electron chi connectivity index (χ1n) is 6.30. The summed E-state index contributed by atoms with van der Waals surface area (Å²) in [6, 6.07) is 4.52. The van der Waals surface area contributed by atoms with E-state index in [0.717, 1.165) is 18.3 Å². The van der Waals surface area contributed by atoms with Crippen LogP contribution in [0.2, 0.25) is 0 Å². The van der Waals surface area contributed by atoms with E-state index in [0.29, 0.717) is 12.6 Å². The zero-order valence-corrected chi connectivity index (χ0v) is 11.2. The van der Waals surface area contributed by atoms with Crippen molar-refractivity contribution in [2.45, 2.75) is 24.6 Å². The van der Waals surface area contributed by atoms with E-state index in [1.165, 1.54) is 17.7 Å². The topological polar surface area (TPSA) is 42.1 Å². The van der Waals surface area contributed by atoms with Gasteiger partial charge in [0.25, 0.3) is 0 Å². The largest absolute Gasteiger partial charge is 0.329 e. The molecule has 2 rings (SSSR count). The number of pyridine rings is 1. The molecule has 3 nitrogen and oxygen atoms in total. The third kappa shape index (κ3) is 3.21. The van der Waals surface area contributed by atoms with E-state index in [1.807, 2.05) is 12.4 Å². The van der Waals surface area contributed by atoms with Crippen LogP contribution >= 0.6 is 11.8 Å². The fraction of sp³-hybridized carbons (Fsp3) is 0.615. The fourth-order valence-corrected chi connectivity index (χ4v) is 3.56. The van der Waals surface area contributed by atoms with Gasteiger partial charge in [-0.2, -0.15) is 11.8 Å². The number of nitrogens with two attached hydrogens (primary N) is 1. The molecule has 1 aliphatic rings. The maximum absolute atomic E-state index is 5.95. The first kappa shape index (κ1) is 12.9. The summed E-state index contributed by atoms with van der Waals surface area (Å²) in [4.78, 5) is 6.60. The minimum atomic E-state index is 0.355. The number of aromatic nitrogens is 1. The molecule has 0 amide bonds. The van der Waals surface area contributed by atoms with Crippen molar-refractivity contribution in [2.24, 2.45) is 5.73 Å². The average Bonchev–Trinajstić information content (AvgIpc) is 2.41. The molecule has 1 aromatic rings. The van der Waals surface area contributed by atoms with E-state index < -0.39 is 0 Å². The number of hydrogen-bond donors (Lipinski definition) is 1. The minimum Gasteiger partial charge on any atom is -0.329 e. The Balaban J connectivity index is 2.08. The van der Waals surface area contributed by atoms with E-state index >= 15 is 0 Å². The molecule has 1 saturated heterocycles. The molecule has 1 aromatic heterocycles. The monoisotopic (exact) mass is 251 g/mol. The van der Waals surface area contributed by atoms with Crippen LogP contribution in [0.3, 0.4) is 0 Å². The summed E-state index contributed by atoms with van der Waals surface area (Å²) in [7, 11) is 0. The van der Waals surface area contributed by atoms with Gasteiger partial charge in [0, 0.05) is 49.1 Å². The van der Waals surface area contributed by atoms with Crippen molar-refractivity contribution in [1.29, 1.82) is 0 Å². The molecule has 2 unspecified atom stereocenters. The molecule has 0 spiro atoms. The van der Waals surface area contributed by atoms with Crippen molar-refractivity contribution >= 4 is 11.8 Å². The first-order valence-corrected chi connectivity index (χ1v) is 7.35. The van der Waals surface area contributed by atoms with Gasteiger partial charge in [-0.25, -0.2) is 0 Å². The van der Waals surface area contributed by atoms with Gasteiger partial charge in [0.05, 0.1) is 0 Å². The zero-order valence-electron chi connectivity index (χ0n) is 10.4. The normalized spacial score (nSPS) is 23.5. The van der Waals surface area contributed by atoms with Crippen molar-refractivity contribution < 1.29 is 0 Å². The Morgan fingerprint density at radius 1 is 1.53 bits per heavy atom. The number of hydrogen-bond acceptors (Lipinski definition) is 4. The molecule has 0 radical (unpaired) electrons. The van der Waals surface area contributed by atoms with Crippen LogP contribution in [0, 0.1) is 0 Å². The first-order chi connectivity index (χ1) is 8.35. The summed E-state index contributed by atoms with van der Waals surface area (Å²) >= 11 is 2.10. The van der Waals surface area contributed by atoms with Crippen LogP contribution in [0.5, 0.6) is 0 Å². The standard InChI is InChI=1S/C13H21N3S/c1-2-12-10-16(7-8-17-12)13(9-14)11-3-5-15-6-4-11/h3-6,12-13H,2,7-10,14H2,1H3. The van der Waals surface area contributed by atoms with Crippen molar-refractivity contribution in [1.82, 2.24) is 9.88 Å². The van der Waals surface area contributed by atoms with Crippen molar-refractivity contribution in [3.05, 3.63) is 30.1 Å². The van der Waals surface area contributed by atoms with E-state index in [9.17, 15) is 0 Å². The van der Waals surface area contributed by atoms with Crippen LogP contribution in [-0.2, 0) is 0 Å². The Morgan fingerprint density at radius 2 is 2.29 bits per heavy atom. The van der Waals surface area contributed by atoms with Crippen LogP contribution in [0.1, 0.15) is 24.9 Å². The molecule has 1 aliphatic heterocycles. The summed E-state index contributed by atoms with van der Waals surface area (Å²) in [5.74, 6) is 1.22. The molecule has 2 N–H and O–H groups in total. The lowest BCUT2D eigenvalue weighted by Gasteiger charge is -2.37. The molecular weight excluding hydrogens is 230 g/mol.